The number of ether oxygens (including phenoxy) is 1. The zero-order valence-electron chi connectivity index (χ0n) is 18.5. The minimum Gasteiger partial charge on any atom is -0.484 e. The van der Waals surface area contributed by atoms with Crippen LogP contribution in [-0.4, -0.2) is 50.6 Å². The molecule has 1 heterocycles. The zero-order valence-corrected chi connectivity index (χ0v) is 18.5. The van der Waals surface area contributed by atoms with Gasteiger partial charge in [0.05, 0.1) is 0 Å². The Morgan fingerprint density at radius 2 is 1.87 bits per heavy atom. The molecule has 0 aliphatic carbocycles. The molecule has 0 radical (unpaired) electrons. The summed E-state index contributed by atoms with van der Waals surface area (Å²) in [7, 11) is 3.81. The van der Waals surface area contributed by atoms with Crippen molar-refractivity contribution in [3.05, 3.63) is 59.7 Å². The highest BCUT2D eigenvalue weighted by atomic mass is 16.5. The maximum atomic E-state index is 10.9. The van der Waals surface area contributed by atoms with Gasteiger partial charge in [0.15, 0.2) is 12.6 Å². The molecule has 7 nitrogen and oxygen atoms in total. The van der Waals surface area contributed by atoms with E-state index in [1.165, 1.54) is 30.5 Å². The molecule has 31 heavy (non-hydrogen) atoms. The second-order valence-corrected chi connectivity index (χ2v) is 7.87. The van der Waals surface area contributed by atoms with Crippen LogP contribution in [0.15, 0.2) is 53.5 Å². The Morgan fingerprint density at radius 1 is 1.13 bits per heavy atom. The summed E-state index contributed by atoms with van der Waals surface area (Å²) in [5.41, 5.74) is 8.72. The van der Waals surface area contributed by atoms with Gasteiger partial charge in [-0.3, -0.25) is 9.79 Å². The highest BCUT2D eigenvalue weighted by Gasteiger charge is 2.12. The molecule has 0 aromatic heterocycles. The molecule has 0 atom stereocenters. The summed E-state index contributed by atoms with van der Waals surface area (Å²) < 4.78 is 5.37. The van der Waals surface area contributed by atoms with Gasteiger partial charge in [0.2, 0.25) is 0 Å². The number of carbonyl (C=O) groups excluding carboxylic acids is 1. The topological polar surface area (TPSA) is 83.2 Å². The molecule has 1 fully saturated rings. The van der Waals surface area contributed by atoms with Crippen LogP contribution in [-0.2, 0) is 17.9 Å². The molecule has 2 aromatic rings. The first-order chi connectivity index (χ1) is 15.0. The van der Waals surface area contributed by atoms with Gasteiger partial charge in [0, 0.05) is 46.0 Å². The number of amides is 1. The Bertz CT molecular complexity index is 876. The summed E-state index contributed by atoms with van der Waals surface area (Å²) >= 11 is 0. The van der Waals surface area contributed by atoms with Gasteiger partial charge in [0.1, 0.15) is 5.75 Å². The van der Waals surface area contributed by atoms with Crippen molar-refractivity contribution in [1.29, 1.82) is 0 Å². The quantitative estimate of drug-likeness (QED) is 0.504. The summed E-state index contributed by atoms with van der Waals surface area (Å²) in [5, 5.41) is 3.38. The van der Waals surface area contributed by atoms with Gasteiger partial charge in [-0.2, -0.15) is 0 Å². The van der Waals surface area contributed by atoms with E-state index in [1.54, 1.807) is 13.1 Å². The van der Waals surface area contributed by atoms with E-state index in [-0.39, 0.29) is 6.61 Å². The molecular formula is C24H33N5O2. The first kappa shape index (κ1) is 22.5. The predicted molar refractivity (Wildman–Crippen MR) is 125 cm³/mol. The Kier molecular flexibility index (Phi) is 8.15. The van der Waals surface area contributed by atoms with Crippen molar-refractivity contribution in [2.75, 3.05) is 38.7 Å². The number of anilines is 1. The van der Waals surface area contributed by atoms with Crippen LogP contribution in [0, 0.1) is 0 Å². The highest BCUT2D eigenvalue weighted by Crippen LogP contribution is 2.20. The summed E-state index contributed by atoms with van der Waals surface area (Å²) in [6.07, 6.45) is 3.91. The summed E-state index contributed by atoms with van der Waals surface area (Å²) in [6, 6.07) is 16.4. The third-order valence-corrected chi connectivity index (χ3v) is 5.38. The average molecular weight is 424 g/mol. The van der Waals surface area contributed by atoms with Gasteiger partial charge in [-0.1, -0.05) is 24.3 Å². The molecule has 1 aliphatic heterocycles. The summed E-state index contributed by atoms with van der Waals surface area (Å²) in [4.78, 5) is 19.9. The SMILES string of the molecule is CN=C(NCc1cccc(OCC(N)=O)c1)N(C)Cc1ccc(N2CCCCC2)cc1. The molecule has 0 bridgehead atoms. The number of guanidine groups is 1. The number of nitrogens with two attached hydrogens (primary N) is 1. The van der Waals surface area contributed by atoms with E-state index >= 15 is 0 Å². The van der Waals surface area contributed by atoms with Gasteiger partial charge >= 0.3 is 0 Å². The Hall–Kier alpha value is -3.22. The fourth-order valence-corrected chi connectivity index (χ4v) is 3.78. The average Bonchev–Trinajstić information content (AvgIpc) is 2.79. The van der Waals surface area contributed by atoms with Crippen LogP contribution in [0.2, 0.25) is 0 Å². The lowest BCUT2D eigenvalue weighted by Gasteiger charge is -2.29. The number of carbonyl (C=O) groups is 1. The lowest BCUT2D eigenvalue weighted by Crippen LogP contribution is -2.38. The van der Waals surface area contributed by atoms with Crippen LogP contribution in [0.1, 0.15) is 30.4 Å². The monoisotopic (exact) mass is 423 g/mol. The lowest BCUT2D eigenvalue weighted by atomic mass is 10.1. The molecule has 0 saturated carbocycles. The van der Waals surface area contributed by atoms with E-state index in [1.807, 2.05) is 25.2 Å². The number of hydrogen-bond donors (Lipinski definition) is 2. The van der Waals surface area contributed by atoms with Crippen molar-refractivity contribution in [2.24, 2.45) is 10.7 Å². The second kappa shape index (κ2) is 11.2. The predicted octanol–water partition coefficient (Wildman–Crippen LogP) is 2.75. The smallest absolute Gasteiger partial charge is 0.255 e. The van der Waals surface area contributed by atoms with Crippen LogP contribution in [0.4, 0.5) is 5.69 Å². The second-order valence-electron chi connectivity index (χ2n) is 7.87. The molecule has 166 valence electrons. The number of piperidine rings is 1. The molecule has 1 amide bonds. The molecule has 0 spiro atoms. The molecule has 7 heteroatoms. The van der Waals surface area contributed by atoms with Gasteiger partial charge in [-0.05, 0) is 54.7 Å². The molecule has 3 N–H and O–H groups in total. The van der Waals surface area contributed by atoms with E-state index in [9.17, 15) is 4.79 Å². The number of primary amides is 1. The molecule has 0 unspecified atom stereocenters. The summed E-state index contributed by atoms with van der Waals surface area (Å²) in [5.74, 6) is 0.938. The Morgan fingerprint density at radius 3 is 2.55 bits per heavy atom. The standard InChI is InChI=1S/C24H33N5O2/c1-26-24(27-16-20-7-6-8-22(15-20)31-18-23(25)30)28(2)17-19-9-11-21(12-10-19)29-13-4-3-5-14-29/h6-12,15H,3-5,13-14,16-18H2,1-2H3,(H2,25,30)(H,26,27). The third-order valence-electron chi connectivity index (χ3n) is 5.38. The van der Waals surface area contributed by atoms with Crippen molar-refractivity contribution < 1.29 is 9.53 Å². The van der Waals surface area contributed by atoms with Crippen LogP contribution in [0.5, 0.6) is 5.75 Å². The number of benzene rings is 2. The van der Waals surface area contributed by atoms with Crippen molar-refractivity contribution in [1.82, 2.24) is 10.2 Å². The van der Waals surface area contributed by atoms with E-state index in [4.69, 9.17) is 10.5 Å². The minimum absolute atomic E-state index is 0.127. The summed E-state index contributed by atoms with van der Waals surface area (Å²) in [6.45, 7) is 3.55. The van der Waals surface area contributed by atoms with Crippen LogP contribution in [0.3, 0.4) is 0 Å². The third kappa shape index (κ3) is 6.91. The van der Waals surface area contributed by atoms with Crippen molar-refractivity contribution >= 4 is 17.6 Å². The van der Waals surface area contributed by atoms with E-state index < -0.39 is 5.91 Å². The fraction of sp³-hybridized carbons (Fsp3) is 0.417. The van der Waals surface area contributed by atoms with E-state index in [0.717, 1.165) is 31.2 Å². The van der Waals surface area contributed by atoms with Crippen LogP contribution >= 0.6 is 0 Å². The largest absolute Gasteiger partial charge is 0.484 e. The molecule has 1 saturated heterocycles. The maximum absolute atomic E-state index is 10.9. The zero-order chi connectivity index (χ0) is 22.1. The number of nitrogens with zero attached hydrogens (tertiary/aromatic N) is 3. The lowest BCUT2D eigenvalue weighted by molar-refractivity contribution is -0.119. The van der Waals surface area contributed by atoms with Gasteiger partial charge in [-0.25, -0.2) is 0 Å². The maximum Gasteiger partial charge on any atom is 0.255 e. The number of nitrogens with one attached hydrogen (secondary N) is 1. The molecule has 1 aliphatic rings. The number of aliphatic imine (C=N–C) groups is 1. The Balaban J connectivity index is 1.52. The number of rotatable bonds is 8. The molecule has 2 aromatic carbocycles. The van der Waals surface area contributed by atoms with E-state index in [2.05, 4.69) is 44.4 Å². The van der Waals surface area contributed by atoms with Gasteiger partial charge in [0.25, 0.3) is 5.91 Å². The van der Waals surface area contributed by atoms with Gasteiger partial charge < -0.3 is 25.6 Å². The fourth-order valence-electron chi connectivity index (χ4n) is 3.78. The highest BCUT2D eigenvalue weighted by molar-refractivity contribution is 5.79. The van der Waals surface area contributed by atoms with Gasteiger partial charge in [-0.15, -0.1) is 0 Å². The minimum atomic E-state index is -0.491. The van der Waals surface area contributed by atoms with E-state index in [0.29, 0.717) is 12.3 Å². The first-order valence-corrected chi connectivity index (χ1v) is 10.8. The van der Waals surface area contributed by atoms with Crippen LogP contribution < -0.4 is 20.7 Å². The van der Waals surface area contributed by atoms with Crippen molar-refractivity contribution in [3.63, 3.8) is 0 Å². The van der Waals surface area contributed by atoms with Crippen molar-refractivity contribution in [2.45, 2.75) is 32.4 Å². The molecule has 3 rings (SSSR count). The first-order valence-electron chi connectivity index (χ1n) is 10.8. The normalized spacial score (nSPS) is 14.3. The van der Waals surface area contributed by atoms with Crippen molar-refractivity contribution in [3.8, 4) is 5.75 Å². The number of hydrogen-bond acceptors (Lipinski definition) is 4. The molecular weight excluding hydrogens is 390 g/mol. The van der Waals surface area contributed by atoms with Crippen LogP contribution in [0.25, 0.3) is 0 Å². The Labute approximate surface area is 184 Å².